The summed E-state index contributed by atoms with van der Waals surface area (Å²) in [6, 6.07) is 0. The van der Waals surface area contributed by atoms with E-state index in [0.29, 0.717) is 12.8 Å². The van der Waals surface area contributed by atoms with Gasteiger partial charge in [-0.15, -0.1) is 0 Å². The molecule has 0 aliphatic rings. The first-order chi connectivity index (χ1) is 38.0. The van der Waals surface area contributed by atoms with Crippen LogP contribution in [-0.2, 0) is 28.6 Å². The highest BCUT2D eigenvalue weighted by atomic mass is 16.6. The largest absolute Gasteiger partial charge is 0.462 e. The molecule has 0 fully saturated rings. The number of hydrogen-bond donors (Lipinski definition) is 0. The fourth-order valence-corrected chi connectivity index (χ4v) is 10.1. The van der Waals surface area contributed by atoms with Crippen LogP contribution < -0.4 is 0 Å². The first-order valence-corrected chi connectivity index (χ1v) is 33.8. The lowest BCUT2D eigenvalue weighted by molar-refractivity contribution is -0.166. The van der Waals surface area contributed by atoms with Crippen molar-refractivity contribution in [1.82, 2.24) is 0 Å². The Bertz CT molecular complexity index is 1380. The van der Waals surface area contributed by atoms with Crippen LogP contribution in [0.25, 0.3) is 0 Å². The Morgan fingerprint density at radius 3 is 0.740 bits per heavy atom. The van der Waals surface area contributed by atoms with E-state index in [2.05, 4.69) is 69.4 Å². The molecule has 0 radical (unpaired) electrons. The van der Waals surface area contributed by atoms with Crippen LogP contribution in [0.15, 0.2) is 60.8 Å². The third-order valence-corrected chi connectivity index (χ3v) is 15.1. The Morgan fingerprint density at radius 2 is 0.494 bits per heavy atom. The number of ether oxygens (including phenoxy) is 3. The molecule has 0 aromatic carbocycles. The normalized spacial score (nSPS) is 12.4. The van der Waals surface area contributed by atoms with Crippen LogP contribution in [0.2, 0.25) is 0 Å². The molecule has 0 heterocycles. The maximum absolute atomic E-state index is 12.8. The molecule has 77 heavy (non-hydrogen) atoms. The maximum atomic E-state index is 12.8. The minimum atomic E-state index is -0.826. The van der Waals surface area contributed by atoms with Crippen molar-refractivity contribution in [3.63, 3.8) is 0 Å². The summed E-state index contributed by atoms with van der Waals surface area (Å²) in [5.41, 5.74) is 0. The molecule has 0 aliphatic heterocycles. The predicted octanol–water partition coefficient (Wildman–Crippen LogP) is 23.1. The summed E-state index contributed by atoms with van der Waals surface area (Å²) >= 11 is 0. The van der Waals surface area contributed by atoms with Gasteiger partial charge in [-0.2, -0.15) is 0 Å². The van der Waals surface area contributed by atoms with Crippen LogP contribution in [-0.4, -0.2) is 37.2 Å². The molecule has 0 spiro atoms. The van der Waals surface area contributed by atoms with Gasteiger partial charge in [-0.05, 0) is 44.9 Å². The number of allylic oxidation sites excluding steroid dienone is 9. The van der Waals surface area contributed by atoms with E-state index in [0.717, 1.165) is 70.6 Å². The van der Waals surface area contributed by atoms with Crippen LogP contribution >= 0.6 is 0 Å². The van der Waals surface area contributed by atoms with Gasteiger partial charge in [0.1, 0.15) is 13.2 Å². The minimum Gasteiger partial charge on any atom is -0.462 e. The number of carbonyl (C=O) groups is 3. The van der Waals surface area contributed by atoms with Crippen molar-refractivity contribution in [2.75, 3.05) is 13.2 Å². The number of unbranched alkanes of at least 4 members (excludes halogenated alkanes) is 42. The highest BCUT2D eigenvalue weighted by molar-refractivity contribution is 5.72. The molecule has 6 heteroatoms. The van der Waals surface area contributed by atoms with Crippen molar-refractivity contribution in [3.05, 3.63) is 60.8 Å². The molecule has 1 atom stereocenters. The van der Waals surface area contributed by atoms with Gasteiger partial charge in [0.25, 0.3) is 0 Å². The zero-order valence-corrected chi connectivity index (χ0v) is 51.5. The van der Waals surface area contributed by atoms with E-state index in [1.807, 2.05) is 6.08 Å². The number of hydrogen-bond acceptors (Lipinski definition) is 6. The summed E-state index contributed by atoms with van der Waals surface area (Å²) in [6.07, 6.45) is 84.3. The van der Waals surface area contributed by atoms with E-state index in [4.69, 9.17) is 14.2 Å². The van der Waals surface area contributed by atoms with Crippen molar-refractivity contribution in [2.45, 2.75) is 361 Å². The zero-order valence-electron chi connectivity index (χ0n) is 51.5. The summed E-state index contributed by atoms with van der Waals surface area (Å²) in [5.74, 6) is -1.02. The number of rotatable bonds is 62. The van der Waals surface area contributed by atoms with E-state index in [1.165, 1.54) is 244 Å². The smallest absolute Gasteiger partial charge is 0.310 e. The highest BCUT2D eigenvalue weighted by Crippen LogP contribution is 2.18. The lowest BCUT2D eigenvalue weighted by Gasteiger charge is -2.18. The van der Waals surface area contributed by atoms with Gasteiger partial charge in [0.2, 0.25) is 0 Å². The molecular weight excluding hydrogens is 949 g/mol. The second kappa shape index (κ2) is 65.6. The summed E-state index contributed by atoms with van der Waals surface area (Å²) in [5, 5.41) is 0. The maximum Gasteiger partial charge on any atom is 0.310 e. The van der Waals surface area contributed by atoms with Crippen molar-refractivity contribution >= 4 is 17.9 Å². The van der Waals surface area contributed by atoms with E-state index >= 15 is 0 Å². The molecule has 0 saturated carbocycles. The van der Waals surface area contributed by atoms with Crippen LogP contribution in [0.1, 0.15) is 355 Å². The Morgan fingerprint density at radius 1 is 0.273 bits per heavy atom. The molecule has 0 aromatic heterocycles. The van der Waals surface area contributed by atoms with Crippen LogP contribution in [0.3, 0.4) is 0 Å². The molecule has 448 valence electrons. The van der Waals surface area contributed by atoms with Gasteiger partial charge in [0.15, 0.2) is 6.10 Å². The van der Waals surface area contributed by atoms with Gasteiger partial charge >= 0.3 is 17.9 Å². The van der Waals surface area contributed by atoms with Crippen molar-refractivity contribution in [3.8, 4) is 0 Å². The fraction of sp³-hybridized carbons (Fsp3) is 0.817. The van der Waals surface area contributed by atoms with E-state index in [-0.39, 0.29) is 31.6 Å². The Hall–Kier alpha value is -2.89. The fourth-order valence-electron chi connectivity index (χ4n) is 10.1. The van der Waals surface area contributed by atoms with Crippen LogP contribution in [0, 0.1) is 0 Å². The Balaban J connectivity index is 4.23. The highest BCUT2D eigenvalue weighted by Gasteiger charge is 2.19. The van der Waals surface area contributed by atoms with Gasteiger partial charge in [0, 0.05) is 12.8 Å². The van der Waals surface area contributed by atoms with Gasteiger partial charge < -0.3 is 14.2 Å². The summed E-state index contributed by atoms with van der Waals surface area (Å²) < 4.78 is 16.8. The second-order valence-corrected chi connectivity index (χ2v) is 22.7. The van der Waals surface area contributed by atoms with Gasteiger partial charge in [-0.25, -0.2) is 0 Å². The Labute approximate surface area is 479 Å². The van der Waals surface area contributed by atoms with Crippen LogP contribution in [0.4, 0.5) is 0 Å². The van der Waals surface area contributed by atoms with Gasteiger partial charge in [-0.3, -0.25) is 14.4 Å². The molecule has 0 rings (SSSR count). The second-order valence-electron chi connectivity index (χ2n) is 22.7. The van der Waals surface area contributed by atoms with Crippen molar-refractivity contribution in [2.24, 2.45) is 0 Å². The molecular formula is C71H128O6. The number of esters is 3. The number of carbonyl (C=O) groups excluding carboxylic acids is 3. The summed E-state index contributed by atoms with van der Waals surface area (Å²) in [6.45, 7) is 6.50. The van der Waals surface area contributed by atoms with Crippen molar-refractivity contribution in [1.29, 1.82) is 0 Å². The quantitative estimate of drug-likeness (QED) is 0.0261. The molecule has 0 amide bonds. The molecule has 1 unspecified atom stereocenters. The average Bonchev–Trinajstić information content (AvgIpc) is 3.43. The lowest BCUT2D eigenvalue weighted by atomic mass is 10.0. The molecule has 0 aliphatic carbocycles. The topological polar surface area (TPSA) is 78.9 Å². The monoisotopic (exact) mass is 1080 g/mol. The van der Waals surface area contributed by atoms with Crippen molar-refractivity contribution < 1.29 is 28.6 Å². The lowest BCUT2D eigenvalue weighted by Crippen LogP contribution is -2.30. The van der Waals surface area contributed by atoms with Gasteiger partial charge in [0.05, 0.1) is 6.42 Å². The first-order valence-electron chi connectivity index (χ1n) is 33.8. The molecule has 0 bridgehead atoms. The Kier molecular flexibility index (Phi) is 63.2. The molecule has 0 N–H and O–H groups in total. The third-order valence-electron chi connectivity index (χ3n) is 15.1. The van der Waals surface area contributed by atoms with Crippen LogP contribution in [0.5, 0.6) is 0 Å². The minimum absolute atomic E-state index is 0.102. The molecule has 0 saturated heterocycles. The van der Waals surface area contributed by atoms with E-state index < -0.39 is 12.1 Å². The molecule has 6 nitrogen and oxygen atoms in total. The van der Waals surface area contributed by atoms with Gasteiger partial charge in [-0.1, -0.05) is 351 Å². The van der Waals surface area contributed by atoms with E-state index in [9.17, 15) is 14.4 Å². The van der Waals surface area contributed by atoms with E-state index in [1.54, 1.807) is 6.08 Å². The SMILES string of the molecule is CC/C=C\C/C=C\C/C=C\C/C=C\C/C=C\CC(=O)OC(COC(=O)CCCCCCCCCCCCCCCCC)COC(=O)CCCCCCCCCCCCCCCCCCCCCCCCCCCCCCC. The summed E-state index contributed by atoms with van der Waals surface area (Å²) in [7, 11) is 0. The first kappa shape index (κ1) is 74.1. The zero-order chi connectivity index (χ0) is 55.7. The molecule has 0 aromatic rings. The standard InChI is InChI=1S/C71H128O6/c1-4-7-10-13-16-19-22-25-28-29-30-31-32-33-34-35-36-37-38-39-40-41-44-46-49-52-55-58-61-64-70(73)76-67-68(77-71(74)65-62-59-56-53-50-47-43-27-24-21-18-15-12-9-6-3)66-75-69(72)63-60-57-54-51-48-45-42-26-23-20-17-14-11-8-5-2/h9,12,18,21,27,43,50,53,59,62,68H,4-8,10-11,13-17,19-20,22-26,28-42,44-49,51-52,54-58,60-61,63-67H2,1-3H3/b12-9-,21-18-,43-27-,53-50-,62-59-. The summed E-state index contributed by atoms with van der Waals surface area (Å²) in [4.78, 5) is 38.2. The predicted molar refractivity (Wildman–Crippen MR) is 335 cm³/mol. The third kappa shape index (κ3) is 63.8. The average molecular weight is 1080 g/mol.